The summed E-state index contributed by atoms with van der Waals surface area (Å²) in [4.78, 5) is 16.6. The highest BCUT2D eigenvalue weighted by Gasteiger charge is 2.31. The van der Waals surface area contributed by atoms with Crippen molar-refractivity contribution >= 4 is 32.3 Å². The number of ether oxygens (including phenoxy) is 1. The quantitative estimate of drug-likeness (QED) is 0.830. The number of aryl methyl sites for hydroxylation is 1. The topological polar surface area (TPSA) is 85.4 Å². The molecule has 2 heterocycles. The van der Waals surface area contributed by atoms with Gasteiger partial charge in [-0.05, 0) is 26.7 Å². The monoisotopic (exact) mass is 318 g/mol. The smallest absolute Gasteiger partial charge is 0.358 e. The third kappa shape index (κ3) is 3.29. The lowest BCUT2D eigenvalue weighted by atomic mass is 10.2. The molecule has 2 rings (SSSR count). The Balaban J connectivity index is 2.01. The molecule has 20 heavy (non-hydrogen) atoms. The number of thiazole rings is 1. The van der Waals surface area contributed by atoms with Gasteiger partial charge in [-0.3, -0.25) is 0 Å². The van der Waals surface area contributed by atoms with Crippen LogP contribution in [0.15, 0.2) is 0 Å². The number of sulfone groups is 1. The minimum absolute atomic E-state index is 0.268. The van der Waals surface area contributed by atoms with Crippen molar-refractivity contribution in [3.8, 4) is 0 Å². The van der Waals surface area contributed by atoms with E-state index in [0.717, 1.165) is 11.3 Å². The van der Waals surface area contributed by atoms with E-state index in [1.807, 2.05) is 0 Å². The van der Waals surface area contributed by atoms with Crippen LogP contribution in [0, 0.1) is 6.92 Å². The molecule has 1 unspecified atom stereocenters. The lowest BCUT2D eigenvalue weighted by Crippen LogP contribution is -2.25. The summed E-state index contributed by atoms with van der Waals surface area (Å²) in [6.07, 6.45) is 1.41. The number of anilines is 1. The minimum atomic E-state index is -2.96. The summed E-state index contributed by atoms with van der Waals surface area (Å²) in [6.45, 7) is 4.18. The van der Waals surface area contributed by atoms with E-state index in [-0.39, 0.29) is 11.0 Å². The molecule has 1 aliphatic heterocycles. The first-order chi connectivity index (χ1) is 9.44. The maximum absolute atomic E-state index is 11.7. The van der Waals surface area contributed by atoms with E-state index in [4.69, 9.17) is 4.74 Å². The van der Waals surface area contributed by atoms with Crippen molar-refractivity contribution in [3.05, 3.63) is 10.6 Å². The molecule has 0 saturated carbocycles. The molecular weight excluding hydrogens is 300 g/mol. The molecule has 112 valence electrons. The number of esters is 1. The first-order valence-corrected chi connectivity index (χ1v) is 9.07. The van der Waals surface area contributed by atoms with Gasteiger partial charge in [0.2, 0.25) is 0 Å². The fraction of sp³-hybridized carbons (Fsp3) is 0.667. The highest BCUT2D eigenvalue weighted by atomic mass is 32.2. The van der Waals surface area contributed by atoms with Gasteiger partial charge in [-0.25, -0.2) is 18.2 Å². The van der Waals surface area contributed by atoms with E-state index in [0.29, 0.717) is 30.4 Å². The Morgan fingerprint density at radius 3 is 2.90 bits per heavy atom. The number of aromatic nitrogens is 1. The molecule has 6 nitrogen and oxygen atoms in total. The molecule has 0 amide bonds. The summed E-state index contributed by atoms with van der Waals surface area (Å²) in [5, 5.41) is 3.23. The Bertz CT molecular complexity index is 595. The molecule has 0 aromatic carbocycles. The van der Waals surface area contributed by atoms with Crippen LogP contribution in [0.3, 0.4) is 0 Å². The van der Waals surface area contributed by atoms with Crippen molar-refractivity contribution in [1.29, 1.82) is 0 Å². The molecule has 0 aliphatic carbocycles. The van der Waals surface area contributed by atoms with Gasteiger partial charge in [0.25, 0.3) is 0 Å². The predicted molar refractivity (Wildman–Crippen MR) is 78.1 cm³/mol. The van der Waals surface area contributed by atoms with Gasteiger partial charge in [-0.1, -0.05) is 0 Å². The number of nitrogens with zero attached hydrogens (tertiary/aromatic N) is 1. The molecule has 0 spiro atoms. The van der Waals surface area contributed by atoms with Crippen molar-refractivity contribution in [1.82, 2.24) is 4.98 Å². The van der Waals surface area contributed by atoms with E-state index < -0.39 is 15.8 Å². The van der Waals surface area contributed by atoms with Crippen LogP contribution in [-0.2, 0) is 14.6 Å². The normalized spacial score (nSPS) is 20.8. The van der Waals surface area contributed by atoms with Gasteiger partial charge in [0.15, 0.2) is 20.7 Å². The van der Waals surface area contributed by atoms with Crippen LogP contribution in [0.2, 0.25) is 0 Å². The molecule has 1 aromatic rings. The SMILES string of the molecule is CCOC(=O)c1nc(NCC2CCCS2(=O)=O)sc1C. The minimum Gasteiger partial charge on any atom is -0.461 e. The summed E-state index contributed by atoms with van der Waals surface area (Å²) in [5.74, 6) is -0.174. The molecule has 1 aliphatic rings. The van der Waals surface area contributed by atoms with Crippen LogP contribution in [0.5, 0.6) is 0 Å². The summed E-state index contributed by atoms with van der Waals surface area (Å²) >= 11 is 1.33. The van der Waals surface area contributed by atoms with E-state index in [1.54, 1.807) is 13.8 Å². The number of carbonyl (C=O) groups is 1. The summed E-state index contributed by atoms with van der Waals surface area (Å²) in [5.41, 5.74) is 0.300. The molecule has 1 aromatic heterocycles. The number of carbonyl (C=O) groups excluding carboxylic acids is 1. The Hall–Kier alpha value is -1.15. The first-order valence-electron chi connectivity index (χ1n) is 6.54. The van der Waals surface area contributed by atoms with Crippen molar-refractivity contribution < 1.29 is 17.9 Å². The number of nitrogens with one attached hydrogen (secondary N) is 1. The van der Waals surface area contributed by atoms with Gasteiger partial charge < -0.3 is 10.1 Å². The molecule has 1 fully saturated rings. The van der Waals surface area contributed by atoms with Gasteiger partial charge in [-0.2, -0.15) is 0 Å². The van der Waals surface area contributed by atoms with E-state index in [1.165, 1.54) is 11.3 Å². The summed E-state index contributed by atoms with van der Waals surface area (Å²) in [6, 6.07) is 0. The second-order valence-electron chi connectivity index (χ2n) is 4.66. The average Bonchev–Trinajstić information content (AvgIpc) is 2.90. The number of hydrogen-bond acceptors (Lipinski definition) is 7. The molecule has 8 heteroatoms. The highest BCUT2D eigenvalue weighted by Crippen LogP contribution is 2.25. The second-order valence-corrected chi connectivity index (χ2v) is 8.26. The molecule has 1 saturated heterocycles. The van der Waals surface area contributed by atoms with Crippen LogP contribution in [0.1, 0.15) is 35.1 Å². The van der Waals surface area contributed by atoms with Gasteiger partial charge in [0.1, 0.15) is 0 Å². The van der Waals surface area contributed by atoms with Crippen molar-refractivity contribution in [3.63, 3.8) is 0 Å². The third-order valence-corrected chi connectivity index (χ3v) is 6.41. The molecule has 1 N–H and O–H groups in total. The highest BCUT2D eigenvalue weighted by molar-refractivity contribution is 7.92. The standard InChI is InChI=1S/C12H18N2O4S2/c1-3-18-11(15)10-8(2)19-12(14-10)13-7-9-5-4-6-20(9,16)17/h9H,3-7H2,1-2H3,(H,13,14). The lowest BCUT2D eigenvalue weighted by molar-refractivity contribution is 0.0519. The number of rotatable bonds is 5. The number of hydrogen-bond donors (Lipinski definition) is 1. The molecule has 0 radical (unpaired) electrons. The molecule has 1 atom stereocenters. The van der Waals surface area contributed by atoms with Gasteiger partial charge >= 0.3 is 5.97 Å². The zero-order valence-electron chi connectivity index (χ0n) is 11.5. The van der Waals surface area contributed by atoms with Crippen molar-refractivity contribution in [2.75, 3.05) is 24.2 Å². The van der Waals surface area contributed by atoms with Crippen molar-refractivity contribution in [2.45, 2.75) is 31.9 Å². The lowest BCUT2D eigenvalue weighted by Gasteiger charge is -2.09. The Labute approximate surface area is 122 Å². The maximum atomic E-state index is 11.7. The van der Waals surface area contributed by atoms with E-state index in [9.17, 15) is 13.2 Å². The largest absolute Gasteiger partial charge is 0.461 e. The second kappa shape index (κ2) is 6.09. The fourth-order valence-electron chi connectivity index (χ4n) is 2.15. The van der Waals surface area contributed by atoms with Gasteiger partial charge in [0, 0.05) is 11.4 Å². The molecule has 0 bridgehead atoms. The first kappa shape index (κ1) is 15.2. The van der Waals surface area contributed by atoms with Gasteiger partial charge in [-0.15, -0.1) is 11.3 Å². The van der Waals surface area contributed by atoms with Crippen molar-refractivity contribution in [2.24, 2.45) is 0 Å². The summed E-state index contributed by atoms with van der Waals surface area (Å²) < 4.78 is 28.3. The third-order valence-electron chi connectivity index (χ3n) is 3.21. The average molecular weight is 318 g/mol. The van der Waals surface area contributed by atoms with Crippen LogP contribution in [-0.4, -0.2) is 43.5 Å². The van der Waals surface area contributed by atoms with E-state index in [2.05, 4.69) is 10.3 Å². The van der Waals surface area contributed by atoms with Crippen LogP contribution in [0.25, 0.3) is 0 Å². The predicted octanol–water partition coefficient (Wildman–Crippen LogP) is 1.62. The fourth-order valence-corrected chi connectivity index (χ4v) is 4.72. The maximum Gasteiger partial charge on any atom is 0.358 e. The summed E-state index contributed by atoms with van der Waals surface area (Å²) in [7, 11) is -2.96. The zero-order valence-corrected chi connectivity index (χ0v) is 13.1. The Morgan fingerprint density at radius 2 is 2.30 bits per heavy atom. The Kier molecular flexibility index (Phi) is 4.64. The zero-order chi connectivity index (χ0) is 14.8. The van der Waals surface area contributed by atoms with E-state index >= 15 is 0 Å². The van der Waals surface area contributed by atoms with Crippen LogP contribution >= 0.6 is 11.3 Å². The van der Waals surface area contributed by atoms with Crippen LogP contribution in [0.4, 0.5) is 5.13 Å². The van der Waals surface area contributed by atoms with Gasteiger partial charge in [0.05, 0.1) is 17.6 Å². The van der Waals surface area contributed by atoms with Crippen LogP contribution < -0.4 is 5.32 Å². The molecular formula is C12H18N2O4S2. The Morgan fingerprint density at radius 1 is 1.55 bits per heavy atom.